The smallest absolute Gasteiger partial charge is 0.149 e. The molecular formula is C11H20FNO. The van der Waals surface area contributed by atoms with Gasteiger partial charge in [0.15, 0.2) is 0 Å². The SMILES string of the molecule is CCC(=O)[C@@H]1C[C@@H](F)[C@H](C)N1C(C)C. The van der Waals surface area contributed by atoms with Gasteiger partial charge in [0, 0.05) is 24.9 Å². The van der Waals surface area contributed by atoms with Crippen molar-refractivity contribution in [3.8, 4) is 0 Å². The number of hydrogen-bond donors (Lipinski definition) is 0. The molecule has 0 saturated carbocycles. The first kappa shape index (κ1) is 11.6. The van der Waals surface area contributed by atoms with E-state index in [4.69, 9.17) is 0 Å². The van der Waals surface area contributed by atoms with Crippen molar-refractivity contribution in [2.75, 3.05) is 0 Å². The number of carbonyl (C=O) groups excluding carboxylic acids is 1. The van der Waals surface area contributed by atoms with Gasteiger partial charge in [-0.25, -0.2) is 4.39 Å². The summed E-state index contributed by atoms with van der Waals surface area (Å²) in [7, 11) is 0. The number of likely N-dealkylation sites (tertiary alicyclic amines) is 1. The van der Waals surface area contributed by atoms with Crippen LogP contribution in [0, 0.1) is 0 Å². The monoisotopic (exact) mass is 201 g/mol. The van der Waals surface area contributed by atoms with Gasteiger partial charge >= 0.3 is 0 Å². The number of halogens is 1. The summed E-state index contributed by atoms with van der Waals surface area (Å²) < 4.78 is 13.5. The molecule has 14 heavy (non-hydrogen) atoms. The van der Waals surface area contributed by atoms with Gasteiger partial charge in [0.25, 0.3) is 0 Å². The third kappa shape index (κ3) is 1.97. The van der Waals surface area contributed by atoms with Crippen LogP contribution in [0.3, 0.4) is 0 Å². The highest BCUT2D eigenvalue weighted by Crippen LogP contribution is 2.29. The van der Waals surface area contributed by atoms with Crippen molar-refractivity contribution in [3.05, 3.63) is 0 Å². The molecule has 1 aliphatic rings. The summed E-state index contributed by atoms with van der Waals surface area (Å²) in [4.78, 5) is 13.6. The Morgan fingerprint density at radius 3 is 2.57 bits per heavy atom. The van der Waals surface area contributed by atoms with Gasteiger partial charge in [0.05, 0.1) is 6.04 Å². The molecule has 0 radical (unpaired) electrons. The zero-order valence-electron chi connectivity index (χ0n) is 9.46. The van der Waals surface area contributed by atoms with Crippen LogP contribution < -0.4 is 0 Å². The first-order valence-corrected chi connectivity index (χ1v) is 5.43. The second-order valence-corrected chi connectivity index (χ2v) is 4.37. The molecule has 0 amide bonds. The lowest BCUT2D eigenvalue weighted by Gasteiger charge is -2.30. The van der Waals surface area contributed by atoms with Crippen molar-refractivity contribution in [1.29, 1.82) is 0 Å². The van der Waals surface area contributed by atoms with E-state index in [1.165, 1.54) is 0 Å². The van der Waals surface area contributed by atoms with Gasteiger partial charge in [0.1, 0.15) is 12.0 Å². The minimum Gasteiger partial charge on any atom is -0.298 e. The predicted octanol–water partition coefficient (Wildman–Crippen LogP) is 2.17. The lowest BCUT2D eigenvalue weighted by molar-refractivity contribution is -0.124. The average Bonchev–Trinajstić information content (AvgIpc) is 2.42. The predicted molar refractivity (Wildman–Crippen MR) is 55.0 cm³/mol. The zero-order valence-corrected chi connectivity index (χ0v) is 9.46. The minimum absolute atomic E-state index is 0.115. The Bertz CT molecular complexity index is 217. The highest BCUT2D eigenvalue weighted by Gasteiger charge is 2.42. The molecule has 3 atom stereocenters. The second-order valence-electron chi connectivity index (χ2n) is 4.37. The van der Waals surface area contributed by atoms with Gasteiger partial charge in [-0.05, 0) is 20.8 Å². The maximum atomic E-state index is 13.5. The molecule has 0 unspecified atom stereocenters. The molecule has 82 valence electrons. The number of rotatable bonds is 3. The molecule has 0 aromatic heterocycles. The van der Waals surface area contributed by atoms with E-state index in [0.717, 1.165) is 0 Å². The molecule has 0 aliphatic carbocycles. The van der Waals surface area contributed by atoms with Crippen molar-refractivity contribution in [3.63, 3.8) is 0 Å². The first-order valence-electron chi connectivity index (χ1n) is 5.43. The molecule has 0 aromatic rings. The van der Waals surface area contributed by atoms with E-state index >= 15 is 0 Å². The Balaban J connectivity index is 2.80. The number of Topliss-reactive ketones (excluding diaryl/α,β-unsaturated/α-hetero) is 1. The molecular weight excluding hydrogens is 181 g/mol. The van der Waals surface area contributed by atoms with Gasteiger partial charge in [-0.2, -0.15) is 0 Å². The molecule has 1 saturated heterocycles. The summed E-state index contributed by atoms with van der Waals surface area (Å²) in [5.74, 6) is 0.172. The summed E-state index contributed by atoms with van der Waals surface area (Å²) >= 11 is 0. The van der Waals surface area contributed by atoms with Crippen molar-refractivity contribution in [2.45, 2.75) is 64.8 Å². The molecule has 1 heterocycles. The second kappa shape index (κ2) is 4.39. The fourth-order valence-corrected chi connectivity index (χ4v) is 2.37. The minimum atomic E-state index is -0.849. The largest absolute Gasteiger partial charge is 0.298 e. The Morgan fingerprint density at radius 2 is 2.14 bits per heavy atom. The Kier molecular flexibility index (Phi) is 3.65. The molecule has 0 spiro atoms. The van der Waals surface area contributed by atoms with Crippen LogP contribution in [-0.4, -0.2) is 35.0 Å². The summed E-state index contributed by atoms with van der Waals surface area (Å²) in [6.07, 6.45) is 0.0391. The number of ketones is 1. The van der Waals surface area contributed by atoms with Gasteiger partial charge in [0.2, 0.25) is 0 Å². The molecule has 1 fully saturated rings. The van der Waals surface area contributed by atoms with Crippen LogP contribution >= 0.6 is 0 Å². The molecule has 1 rings (SSSR count). The highest BCUT2D eigenvalue weighted by molar-refractivity contribution is 5.84. The summed E-state index contributed by atoms with van der Waals surface area (Å²) in [5.41, 5.74) is 0. The Hall–Kier alpha value is -0.440. The number of nitrogens with zero attached hydrogens (tertiary/aromatic N) is 1. The number of alkyl halides is 1. The van der Waals surface area contributed by atoms with E-state index in [9.17, 15) is 9.18 Å². The third-order valence-electron chi connectivity index (χ3n) is 3.12. The average molecular weight is 201 g/mol. The Labute approximate surface area is 85.5 Å². The zero-order chi connectivity index (χ0) is 10.9. The third-order valence-corrected chi connectivity index (χ3v) is 3.12. The summed E-state index contributed by atoms with van der Waals surface area (Å²) in [6.45, 7) is 7.75. The van der Waals surface area contributed by atoms with E-state index in [1.807, 2.05) is 32.6 Å². The van der Waals surface area contributed by atoms with Gasteiger partial charge in [-0.1, -0.05) is 6.92 Å². The van der Waals surface area contributed by atoms with Crippen LogP contribution in [0.5, 0.6) is 0 Å². The maximum absolute atomic E-state index is 13.5. The lowest BCUT2D eigenvalue weighted by atomic mass is 10.1. The summed E-state index contributed by atoms with van der Waals surface area (Å²) in [5, 5.41) is 0. The fourth-order valence-electron chi connectivity index (χ4n) is 2.37. The van der Waals surface area contributed by atoms with Gasteiger partial charge < -0.3 is 0 Å². The van der Waals surface area contributed by atoms with Crippen LogP contribution in [0.15, 0.2) is 0 Å². The normalized spacial score (nSPS) is 34.0. The van der Waals surface area contributed by atoms with Crippen molar-refractivity contribution in [2.24, 2.45) is 0 Å². The molecule has 0 N–H and O–H groups in total. The van der Waals surface area contributed by atoms with Crippen LogP contribution in [0.1, 0.15) is 40.5 Å². The number of hydrogen-bond acceptors (Lipinski definition) is 2. The maximum Gasteiger partial charge on any atom is 0.149 e. The molecule has 0 bridgehead atoms. The van der Waals surface area contributed by atoms with Crippen LogP contribution in [0.2, 0.25) is 0 Å². The van der Waals surface area contributed by atoms with Crippen molar-refractivity contribution < 1.29 is 9.18 Å². The standard InChI is InChI=1S/C11H20FNO/c1-5-11(14)10-6-9(12)8(4)13(10)7(2)3/h7-10H,5-6H2,1-4H3/t8-,9+,10-/m0/s1. The van der Waals surface area contributed by atoms with Crippen LogP contribution in [0.4, 0.5) is 4.39 Å². The molecule has 3 heteroatoms. The first-order chi connectivity index (χ1) is 6.49. The van der Waals surface area contributed by atoms with Crippen LogP contribution in [0.25, 0.3) is 0 Å². The van der Waals surface area contributed by atoms with E-state index < -0.39 is 6.17 Å². The van der Waals surface area contributed by atoms with E-state index in [1.54, 1.807) is 0 Å². The summed E-state index contributed by atoms with van der Waals surface area (Å²) in [6, 6.07) is -0.0632. The van der Waals surface area contributed by atoms with Crippen molar-refractivity contribution >= 4 is 5.78 Å². The van der Waals surface area contributed by atoms with Gasteiger partial charge in [-0.15, -0.1) is 0 Å². The molecule has 0 aromatic carbocycles. The van der Waals surface area contributed by atoms with Crippen molar-refractivity contribution in [1.82, 2.24) is 4.90 Å². The fraction of sp³-hybridized carbons (Fsp3) is 0.909. The number of carbonyl (C=O) groups is 1. The van der Waals surface area contributed by atoms with Crippen LogP contribution in [-0.2, 0) is 4.79 Å². The lowest BCUT2D eigenvalue weighted by Crippen LogP contribution is -2.44. The molecule has 2 nitrogen and oxygen atoms in total. The highest BCUT2D eigenvalue weighted by atomic mass is 19.1. The topological polar surface area (TPSA) is 20.3 Å². The van der Waals surface area contributed by atoms with E-state index in [2.05, 4.69) is 0 Å². The van der Waals surface area contributed by atoms with E-state index in [-0.39, 0.29) is 23.9 Å². The van der Waals surface area contributed by atoms with E-state index in [0.29, 0.717) is 12.8 Å². The molecule has 1 aliphatic heterocycles. The quantitative estimate of drug-likeness (QED) is 0.697. The Morgan fingerprint density at radius 1 is 1.57 bits per heavy atom. The van der Waals surface area contributed by atoms with Gasteiger partial charge in [-0.3, -0.25) is 9.69 Å².